The molecule has 0 bridgehead atoms. The van der Waals surface area contributed by atoms with Crippen LogP contribution in [0, 0.1) is 0 Å². The molecule has 2 unspecified atom stereocenters. The third kappa shape index (κ3) is 2.55. The van der Waals surface area contributed by atoms with E-state index in [-0.39, 0.29) is 0 Å². The SMILES string of the molecule is CCNCCC(=O)N1CCOC2CCCC21. The van der Waals surface area contributed by atoms with Crippen molar-refractivity contribution in [3.63, 3.8) is 0 Å². The number of morpholine rings is 1. The summed E-state index contributed by atoms with van der Waals surface area (Å²) in [5, 5.41) is 3.20. The molecule has 92 valence electrons. The Kier molecular flexibility index (Phi) is 4.18. The van der Waals surface area contributed by atoms with Crippen LogP contribution in [0.25, 0.3) is 0 Å². The molecule has 0 aromatic heterocycles. The van der Waals surface area contributed by atoms with Gasteiger partial charge in [-0.25, -0.2) is 0 Å². The quantitative estimate of drug-likeness (QED) is 0.720. The fourth-order valence-electron chi connectivity index (χ4n) is 2.75. The maximum absolute atomic E-state index is 12.0. The molecule has 1 saturated heterocycles. The molecular formula is C12H22N2O2. The van der Waals surface area contributed by atoms with E-state index in [0.717, 1.165) is 32.5 Å². The fourth-order valence-corrected chi connectivity index (χ4v) is 2.75. The second-order valence-corrected chi connectivity index (χ2v) is 4.60. The zero-order valence-electron chi connectivity index (χ0n) is 10.1. The van der Waals surface area contributed by atoms with E-state index < -0.39 is 0 Å². The lowest BCUT2D eigenvalue weighted by Gasteiger charge is -2.37. The van der Waals surface area contributed by atoms with E-state index in [1.807, 2.05) is 0 Å². The second kappa shape index (κ2) is 5.64. The summed E-state index contributed by atoms with van der Waals surface area (Å²) in [4.78, 5) is 14.1. The fraction of sp³-hybridized carbons (Fsp3) is 0.917. The maximum Gasteiger partial charge on any atom is 0.224 e. The number of rotatable bonds is 4. The van der Waals surface area contributed by atoms with Crippen LogP contribution in [-0.2, 0) is 9.53 Å². The summed E-state index contributed by atoms with van der Waals surface area (Å²) in [5.74, 6) is 0.293. The minimum Gasteiger partial charge on any atom is -0.374 e. The second-order valence-electron chi connectivity index (χ2n) is 4.60. The number of hydrogen-bond donors (Lipinski definition) is 1. The summed E-state index contributed by atoms with van der Waals surface area (Å²) in [6.45, 7) is 5.29. The van der Waals surface area contributed by atoms with Crippen LogP contribution in [0.15, 0.2) is 0 Å². The number of nitrogens with one attached hydrogen (secondary N) is 1. The summed E-state index contributed by atoms with van der Waals surface area (Å²) in [5.41, 5.74) is 0. The molecule has 1 amide bonds. The highest BCUT2D eigenvalue weighted by Gasteiger charge is 2.37. The van der Waals surface area contributed by atoms with Gasteiger partial charge >= 0.3 is 0 Å². The van der Waals surface area contributed by atoms with Gasteiger partial charge in [0.05, 0.1) is 18.8 Å². The Balaban J connectivity index is 1.84. The zero-order valence-corrected chi connectivity index (χ0v) is 10.1. The molecule has 2 rings (SSSR count). The predicted molar refractivity (Wildman–Crippen MR) is 62.3 cm³/mol. The van der Waals surface area contributed by atoms with Crippen molar-refractivity contribution in [2.75, 3.05) is 26.2 Å². The van der Waals surface area contributed by atoms with Crippen molar-refractivity contribution < 1.29 is 9.53 Å². The Morgan fingerprint density at radius 1 is 1.50 bits per heavy atom. The molecule has 2 fully saturated rings. The average molecular weight is 226 g/mol. The molecule has 0 spiro atoms. The molecule has 1 N–H and O–H groups in total. The van der Waals surface area contributed by atoms with Crippen LogP contribution >= 0.6 is 0 Å². The van der Waals surface area contributed by atoms with Crippen LogP contribution in [0.1, 0.15) is 32.6 Å². The normalized spacial score (nSPS) is 29.2. The van der Waals surface area contributed by atoms with E-state index in [2.05, 4.69) is 17.1 Å². The van der Waals surface area contributed by atoms with Gasteiger partial charge in [0.2, 0.25) is 5.91 Å². The lowest BCUT2D eigenvalue weighted by atomic mass is 10.1. The Morgan fingerprint density at radius 3 is 3.19 bits per heavy atom. The summed E-state index contributed by atoms with van der Waals surface area (Å²) in [6.07, 6.45) is 4.39. The molecule has 2 atom stereocenters. The third-order valence-electron chi connectivity index (χ3n) is 3.57. The lowest BCUT2D eigenvalue weighted by molar-refractivity contribution is -0.143. The number of fused-ring (bicyclic) bond motifs is 1. The van der Waals surface area contributed by atoms with Crippen LogP contribution in [0.3, 0.4) is 0 Å². The lowest BCUT2D eigenvalue weighted by Crippen LogP contribution is -2.51. The molecule has 0 radical (unpaired) electrons. The van der Waals surface area contributed by atoms with Crippen LogP contribution in [0.5, 0.6) is 0 Å². The number of nitrogens with zero attached hydrogens (tertiary/aromatic N) is 1. The Morgan fingerprint density at radius 2 is 2.38 bits per heavy atom. The minimum absolute atomic E-state index is 0.293. The molecule has 1 heterocycles. The van der Waals surface area contributed by atoms with Gasteiger partial charge in [0.25, 0.3) is 0 Å². The van der Waals surface area contributed by atoms with E-state index in [1.54, 1.807) is 0 Å². The number of hydrogen-bond acceptors (Lipinski definition) is 3. The molecule has 0 aromatic carbocycles. The molecule has 1 aliphatic heterocycles. The van der Waals surface area contributed by atoms with Crippen molar-refractivity contribution in [1.29, 1.82) is 0 Å². The van der Waals surface area contributed by atoms with Crippen molar-refractivity contribution in [3.05, 3.63) is 0 Å². The zero-order chi connectivity index (χ0) is 11.4. The number of ether oxygens (including phenoxy) is 1. The number of carbonyl (C=O) groups is 1. The van der Waals surface area contributed by atoms with Gasteiger partial charge < -0.3 is 15.0 Å². The van der Waals surface area contributed by atoms with Crippen LogP contribution in [0.2, 0.25) is 0 Å². The Labute approximate surface area is 97.3 Å². The smallest absolute Gasteiger partial charge is 0.224 e. The van der Waals surface area contributed by atoms with Gasteiger partial charge in [-0.1, -0.05) is 6.92 Å². The molecule has 1 aliphatic carbocycles. The van der Waals surface area contributed by atoms with Crippen molar-refractivity contribution in [3.8, 4) is 0 Å². The number of carbonyl (C=O) groups excluding carboxylic acids is 1. The average Bonchev–Trinajstić information content (AvgIpc) is 2.76. The standard InChI is InChI=1S/C12H22N2O2/c1-2-13-7-6-12(15)14-8-9-16-11-5-3-4-10(11)14/h10-11,13H,2-9H2,1H3. The van der Waals surface area contributed by atoms with Gasteiger partial charge in [0.1, 0.15) is 0 Å². The summed E-state index contributed by atoms with van der Waals surface area (Å²) in [6, 6.07) is 0.364. The van der Waals surface area contributed by atoms with Gasteiger partial charge in [-0.2, -0.15) is 0 Å². The van der Waals surface area contributed by atoms with Gasteiger partial charge in [0.15, 0.2) is 0 Å². The first-order valence-corrected chi connectivity index (χ1v) is 6.44. The van der Waals surface area contributed by atoms with E-state index in [4.69, 9.17) is 4.74 Å². The summed E-state index contributed by atoms with van der Waals surface area (Å²) < 4.78 is 5.70. The van der Waals surface area contributed by atoms with Crippen LogP contribution in [0.4, 0.5) is 0 Å². The van der Waals surface area contributed by atoms with Gasteiger partial charge in [-0.15, -0.1) is 0 Å². The molecule has 16 heavy (non-hydrogen) atoms. The van der Waals surface area contributed by atoms with E-state index in [1.165, 1.54) is 6.42 Å². The predicted octanol–water partition coefficient (Wildman–Crippen LogP) is 0.766. The maximum atomic E-state index is 12.0. The van der Waals surface area contributed by atoms with E-state index in [9.17, 15) is 4.79 Å². The van der Waals surface area contributed by atoms with Crippen molar-refractivity contribution in [2.24, 2.45) is 0 Å². The van der Waals surface area contributed by atoms with Crippen molar-refractivity contribution in [2.45, 2.75) is 44.8 Å². The molecule has 0 aromatic rings. The Hall–Kier alpha value is -0.610. The first kappa shape index (κ1) is 11.9. The molecular weight excluding hydrogens is 204 g/mol. The summed E-state index contributed by atoms with van der Waals surface area (Å²) in [7, 11) is 0. The molecule has 4 nitrogen and oxygen atoms in total. The highest BCUT2D eigenvalue weighted by Crippen LogP contribution is 2.29. The van der Waals surface area contributed by atoms with E-state index in [0.29, 0.717) is 31.1 Å². The minimum atomic E-state index is 0.293. The first-order chi connectivity index (χ1) is 7.83. The third-order valence-corrected chi connectivity index (χ3v) is 3.57. The van der Waals surface area contributed by atoms with Crippen molar-refractivity contribution >= 4 is 5.91 Å². The Bertz CT molecular complexity index is 245. The van der Waals surface area contributed by atoms with Gasteiger partial charge in [0, 0.05) is 19.5 Å². The van der Waals surface area contributed by atoms with Crippen LogP contribution < -0.4 is 5.32 Å². The van der Waals surface area contributed by atoms with E-state index >= 15 is 0 Å². The molecule has 4 heteroatoms. The van der Waals surface area contributed by atoms with Crippen LogP contribution in [-0.4, -0.2) is 49.2 Å². The van der Waals surface area contributed by atoms with Gasteiger partial charge in [-0.05, 0) is 25.8 Å². The highest BCUT2D eigenvalue weighted by atomic mass is 16.5. The van der Waals surface area contributed by atoms with Gasteiger partial charge in [-0.3, -0.25) is 4.79 Å². The van der Waals surface area contributed by atoms with Crippen molar-refractivity contribution in [1.82, 2.24) is 10.2 Å². The topological polar surface area (TPSA) is 41.6 Å². The highest BCUT2D eigenvalue weighted by molar-refractivity contribution is 5.77. The first-order valence-electron chi connectivity index (χ1n) is 6.44. The molecule has 1 saturated carbocycles. The molecule has 2 aliphatic rings. The largest absolute Gasteiger partial charge is 0.374 e. The number of amides is 1. The summed E-state index contributed by atoms with van der Waals surface area (Å²) >= 11 is 0. The monoisotopic (exact) mass is 226 g/mol.